The summed E-state index contributed by atoms with van der Waals surface area (Å²) in [4.78, 5) is 15.0. The Morgan fingerprint density at radius 2 is 1.55 bits per heavy atom. The summed E-state index contributed by atoms with van der Waals surface area (Å²) in [5, 5.41) is 5.33. The quantitative estimate of drug-likeness (QED) is 0.518. The zero-order valence-corrected chi connectivity index (χ0v) is 17.9. The van der Waals surface area contributed by atoms with Gasteiger partial charge in [-0.15, -0.1) is 0 Å². The van der Waals surface area contributed by atoms with Gasteiger partial charge in [-0.2, -0.15) is 13.2 Å². The van der Waals surface area contributed by atoms with Crippen molar-refractivity contribution >= 4 is 16.7 Å². The number of carbonyl (C=O) groups excluding carboxylic acids is 1. The Kier molecular flexibility index (Phi) is 7.01. The van der Waals surface area contributed by atoms with Crippen LogP contribution in [0.15, 0.2) is 66.7 Å². The van der Waals surface area contributed by atoms with Crippen molar-refractivity contribution in [3.05, 3.63) is 83.4 Å². The molecule has 1 amide bonds. The molecule has 31 heavy (non-hydrogen) atoms. The third kappa shape index (κ3) is 5.85. The van der Waals surface area contributed by atoms with Gasteiger partial charge in [-0.05, 0) is 74.1 Å². The first-order valence-electron chi connectivity index (χ1n) is 10.3. The molecule has 0 bridgehead atoms. The SMILES string of the molecule is CC(C(=O)NC(CCN(C)C)c1ccc2ccccc2c1)c1ccc(C(F)(F)F)cc1. The van der Waals surface area contributed by atoms with Gasteiger partial charge in [-0.25, -0.2) is 0 Å². The van der Waals surface area contributed by atoms with Gasteiger partial charge < -0.3 is 10.2 Å². The summed E-state index contributed by atoms with van der Waals surface area (Å²) in [6.45, 7) is 2.49. The average Bonchev–Trinajstić information content (AvgIpc) is 2.75. The Labute approximate surface area is 180 Å². The minimum atomic E-state index is -4.39. The smallest absolute Gasteiger partial charge is 0.349 e. The number of hydrogen-bond donors (Lipinski definition) is 1. The van der Waals surface area contributed by atoms with Gasteiger partial charge in [0, 0.05) is 0 Å². The number of halogens is 3. The average molecular weight is 428 g/mol. The van der Waals surface area contributed by atoms with Crippen LogP contribution >= 0.6 is 0 Å². The maximum absolute atomic E-state index is 13.0. The summed E-state index contributed by atoms with van der Waals surface area (Å²) < 4.78 is 38.5. The van der Waals surface area contributed by atoms with E-state index in [4.69, 9.17) is 0 Å². The van der Waals surface area contributed by atoms with E-state index in [0.29, 0.717) is 5.56 Å². The minimum absolute atomic E-state index is 0.198. The van der Waals surface area contributed by atoms with Crippen molar-refractivity contribution in [1.82, 2.24) is 10.2 Å². The van der Waals surface area contributed by atoms with Gasteiger partial charge in [-0.3, -0.25) is 4.79 Å². The lowest BCUT2D eigenvalue weighted by molar-refractivity contribution is -0.137. The number of carbonyl (C=O) groups is 1. The van der Waals surface area contributed by atoms with Crippen LogP contribution in [0.1, 0.15) is 42.0 Å². The zero-order valence-electron chi connectivity index (χ0n) is 17.9. The van der Waals surface area contributed by atoms with Gasteiger partial charge >= 0.3 is 6.18 Å². The van der Waals surface area contributed by atoms with Crippen LogP contribution in [0.5, 0.6) is 0 Å². The minimum Gasteiger partial charge on any atom is -0.349 e. The zero-order chi connectivity index (χ0) is 22.6. The van der Waals surface area contributed by atoms with Gasteiger partial charge in [0.15, 0.2) is 0 Å². The Hall–Kier alpha value is -2.86. The van der Waals surface area contributed by atoms with Crippen molar-refractivity contribution in [2.75, 3.05) is 20.6 Å². The Morgan fingerprint density at radius 3 is 2.16 bits per heavy atom. The van der Waals surface area contributed by atoms with Crippen LogP contribution in [-0.2, 0) is 11.0 Å². The second-order valence-corrected chi connectivity index (χ2v) is 8.10. The molecule has 164 valence electrons. The number of rotatable bonds is 7. The largest absolute Gasteiger partial charge is 0.416 e. The maximum atomic E-state index is 13.0. The van der Waals surface area contributed by atoms with Gasteiger partial charge in [0.05, 0.1) is 17.5 Å². The molecule has 6 heteroatoms. The van der Waals surface area contributed by atoms with Crippen LogP contribution in [0, 0.1) is 0 Å². The predicted molar refractivity (Wildman–Crippen MR) is 118 cm³/mol. The molecule has 2 unspecified atom stereocenters. The van der Waals surface area contributed by atoms with Crippen molar-refractivity contribution in [2.45, 2.75) is 31.5 Å². The molecule has 0 aromatic heterocycles. The predicted octanol–water partition coefficient (Wildman–Crippen LogP) is 5.77. The molecule has 2 atom stereocenters. The van der Waals surface area contributed by atoms with Crippen molar-refractivity contribution in [2.24, 2.45) is 0 Å². The summed E-state index contributed by atoms with van der Waals surface area (Å²) >= 11 is 0. The summed E-state index contributed by atoms with van der Waals surface area (Å²) in [5.41, 5.74) is 0.841. The highest BCUT2D eigenvalue weighted by atomic mass is 19.4. The summed E-state index contributed by atoms with van der Waals surface area (Å²) in [6.07, 6.45) is -3.67. The van der Waals surface area contributed by atoms with Crippen LogP contribution < -0.4 is 5.32 Å². The van der Waals surface area contributed by atoms with Crippen LogP contribution in [0.25, 0.3) is 10.8 Å². The lowest BCUT2D eigenvalue weighted by atomic mass is 9.96. The third-order valence-corrected chi connectivity index (χ3v) is 5.49. The molecule has 0 aliphatic heterocycles. The van der Waals surface area contributed by atoms with Crippen molar-refractivity contribution < 1.29 is 18.0 Å². The summed E-state index contributed by atoms with van der Waals surface area (Å²) in [7, 11) is 3.95. The van der Waals surface area contributed by atoms with Gasteiger partial charge in [0.2, 0.25) is 5.91 Å². The van der Waals surface area contributed by atoms with E-state index in [9.17, 15) is 18.0 Å². The lowest BCUT2D eigenvalue weighted by Gasteiger charge is -2.24. The molecule has 3 rings (SSSR count). The highest BCUT2D eigenvalue weighted by molar-refractivity contribution is 5.85. The van der Waals surface area contributed by atoms with E-state index in [2.05, 4.69) is 16.3 Å². The van der Waals surface area contributed by atoms with Crippen molar-refractivity contribution in [3.63, 3.8) is 0 Å². The fourth-order valence-electron chi connectivity index (χ4n) is 3.54. The molecule has 3 aromatic carbocycles. The first-order valence-corrected chi connectivity index (χ1v) is 10.3. The van der Waals surface area contributed by atoms with E-state index in [1.165, 1.54) is 12.1 Å². The molecule has 3 nitrogen and oxygen atoms in total. The standard InChI is InChI=1S/C25H27F3N2O/c1-17(18-10-12-22(13-11-18)25(26,27)28)24(31)29-23(14-15-30(2)3)21-9-8-19-6-4-5-7-20(19)16-21/h4-13,16-17,23H,14-15H2,1-3H3,(H,29,31). The molecule has 0 spiro atoms. The fourth-order valence-corrected chi connectivity index (χ4v) is 3.54. The number of benzene rings is 3. The van der Waals surface area contributed by atoms with Gasteiger partial charge in [0.1, 0.15) is 0 Å². The Morgan fingerprint density at radius 1 is 0.935 bits per heavy atom. The first kappa shape index (κ1) is 22.8. The molecule has 0 saturated heterocycles. The van der Waals surface area contributed by atoms with Crippen LogP contribution in [0.4, 0.5) is 13.2 Å². The maximum Gasteiger partial charge on any atom is 0.416 e. The lowest BCUT2D eigenvalue weighted by Crippen LogP contribution is -2.33. The number of alkyl halides is 3. The monoisotopic (exact) mass is 428 g/mol. The number of nitrogens with zero attached hydrogens (tertiary/aromatic N) is 1. The molecule has 0 saturated carbocycles. The van der Waals surface area contributed by atoms with E-state index >= 15 is 0 Å². The van der Waals surface area contributed by atoms with E-state index in [1.807, 2.05) is 50.5 Å². The Balaban J connectivity index is 1.80. The number of fused-ring (bicyclic) bond motifs is 1. The van der Waals surface area contributed by atoms with E-state index in [1.54, 1.807) is 6.92 Å². The molecular formula is C25H27F3N2O. The number of hydrogen-bond acceptors (Lipinski definition) is 2. The number of nitrogens with one attached hydrogen (secondary N) is 1. The highest BCUT2D eigenvalue weighted by Gasteiger charge is 2.30. The molecule has 0 aliphatic rings. The van der Waals surface area contributed by atoms with Crippen molar-refractivity contribution in [3.8, 4) is 0 Å². The molecule has 1 N–H and O–H groups in total. The summed E-state index contributed by atoms with van der Waals surface area (Å²) in [6, 6.07) is 18.8. The molecule has 0 heterocycles. The van der Waals surface area contributed by atoms with E-state index in [-0.39, 0.29) is 11.9 Å². The second kappa shape index (κ2) is 9.52. The molecule has 0 fully saturated rings. The van der Waals surface area contributed by atoms with E-state index < -0.39 is 17.7 Å². The topological polar surface area (TPSA) is 32.3 Å². The van der Waals surface area contributed by atoms with Crippen LogP contribution in [0.3, 0.4) is 0 Å². The molecular weight excluding hydrogens is 401 g/mol. The van der Waals surface area contributed by atoms with Crippen LogP contribution in [0.2, 0.25) is 0 Å². The third-order valence-electron chi connectivity index (χ3n) is 5.49. The van der Waals surface area contributed by atoms with Gasteiger partial charge in [-0.1, -0.05) is 48.5 Å². The molecule has 0 radical (unpaired) electrons. The summed E-state index contributed by atoms with van der Waals surface area (Å²) in [5.74, 6) is -0.777. The van der Waals surface area contributed by atoms with E-state index in [0.717, 1.165) is 41.4 Å². The normalized spacial score (nSPS) is 13.9. The fraction of sp³-hybridized carbons (Fsp3) is 0.320. The Bertz CT molecular complexity index is 1030. The van der Waals surface area contributed by atoms with Crippen LogP contribution in [-0.4, -0.2) is 31.4 Å². The second-order valence-electron chi connectivity index (χ2n) is 8.10. The molecule has 0 aliphatic carbocycles. The molecule has 3 aromatic rings. The first-order chi connectivity index (χ1) is 14.6. The van der Waals surface area contributed by atoms with Crippen molar-refractivity contribution in [1.29, 1.82) is 0 Å². The van der Waals surface area contributed by atoms with Gasteiger partial charge in [0.25, 0.3) is 0 Å². The number of amides is 1. The highest BCUT2D eigenvalue weighted by Crippen LogP contribution is 2.30.